The minimum atomic E-state index is -0.179. The molecule has 146 valence electrons. The van der Waals surface area contributed by atoms with Crippen LogP contribution in [0.2, 0.25) is 0 Å². The molecule has 0 amide bonds. The van der Waals surface area contributed by atoms with Crippen LogP contribution in [0.5, 0.6) is 11.5 Å². The molecule has 2 heterocycles. The van der Waals surface area contributed by atoms with Gasteiger partial charge in [-0.05, 0) is 31.2 Å². The maximum atomic E-state index is 9.33. The van der Waals surface area contributed by atoms with Crippen molar-refractivity contribution in [3.8, 4) is 22.8 Å². The highest BCUT2D eigenvalue weighted by Crippen LogP contribution is 2.31. The molecule has 0 aliphatic rings. The number of pyridine rings is 1. The highest BCUT2D eigenvalue weighted by molar-refractivity contribution is 5.68. The molecule has 0 saturated heterocycles. The molecule has 0 saturated carbocycles. The molecular weight excluding hydrogens is 358 g/mol. The molecule has 0 radical (unpaired) electrons. The molecule has 8 heteroatoms. The molecule has 0 aliphatic heterocycles. The van der Waals surface area contributed by atoms with Gasteiger partial charge in [-0.2, -0.15) is 4.98 Å². The highest BCUT2D eigenvalue weighted by Gasteiger charge is 2.11. The van der Waals surface area contributed by atoms with E-state index in [0.717, 1.165) is 16.9 Å². The zero-order chi connectivity index (χ0) is 19.9. The number of hydrogen-bond donors (Lipinski definition) is 3. The summed E-state index contributed by atoms with van der Waals surface area (Å²) in [5.74, 6) is 2.27. The van der Waals surface area contributed by atoms with E-state index in [9.17, 15) is 5.11 Å². The number of anilines is 3. The lowest BCUT2D eigenvalue weighted by Gasteiger charge is -2.15. The highest BCUT2D eigenvalue weighted by atomic mass is 16.5. The Balaban J connectivity index is 1.96. The standard InChI is InChI=1S/C20H23N5O3/c1-13(12-26)22-20-24-16(14-6-8-21-9-7-14)11-19(25-20)23-15-4-5-17(27-2)18(10-15)28-3/h4-11,13,26H,12H2,1-3H3,(H2,22,23,24,25)/t13-/m1/s1. The van der Waals surface area contributed by atoms with Crippen molar-refractivity contribution in [3.05, 3.63) is 48.8 Å². The zero-order valence-electron chi connectivity index (χ0n) is 16.0. The lowest BCUT2D eigenvalue weighted by Crippen LogP contribution is -2.21. The number of methoxy groups -OCH3 is 2. The van der Waals surface area contributed by atoms with Crippen LogP contribution < -0.4 is 20.1 Å². The summed E-state index contributed by atoms with van der Waals surface area (Å²) in [5, 5.41) is 15.7. The SMILES string of the molecule is COc1ccc(Nc2cc(-c3ccncc3)nc(N[C@H](C)CO)n2)cc1OC. The van der Waals surface area contributed by atoms with Crippen molar-refractivity contribution >= 4 is 17.5 Å². The van der Waals surface area contributed by atoms with E-state index in [1.54, 1.807) is 26.6 Å². The fraction of sp³-hybridized carbons (Fsp3) is 0.250. The summed E-state index contributed by atoms with van der Waals surface area (Å²) in [5.41, 5.74) is 2.43. The van der Waals surface area contributed by atoms with Gasteiger partial charge in [-0.15, -0.1) is 0 Å². The number of aliphatic hydroxyl groups excluding tert-OH is 1. The number of nitrogens with one attached hydrogen (secondary N) is 2. The first-order valence-corrected chi connectivity index (χ1v) is 8.79. The summed E-state index contributed by atoms with van der Waals surface area (Å²) in [6, 6.07) is 10.9. The van der Waals surface area contributed by atoms with Gasteiger partial charge in [-0.3, -0.25) is 4.98 Å². The van der Waals surface area contributed by atoms with Crippen molar-refractivity contribution in [2.45, 2.75) is 13.0 Å². The fourth-order valence-electron chi connectivity index (χ4n) is 2.57. The maximum absolute atomic E-state index is 9.33. The molecule has 1 aromatic carbocycles. The predicted molar refractivity (Wildman–Crippen MR) is 108 cm³/mol. The Morgan fingerprint density at radius 3 is 2.43 bits per heavy atom. The van der Waals surface area contributed by atoms with Crippen LogP contribution in [0.3, 0.4) is 0 Å². The molecule has 0 fully saturated rings. The molecular formula is C20H23N5O3. The summed E-state index contributed by atoms with van der Waals surface area (Å²) in [4.78, 5) is 13.1. The summed E-state index contributed by atoms with van der Waals surface area (Å²) < 4.78 is 10.6. The molecule has 8 nitrogen and oxygen atoms in total. The van der Waals surface area contributed by atoms with Gasteiger partial charge in [0.2, 0.25) is 5.95 Å². The van der Waals surface area contributed by atoms with E-state index in [4.69, 9.17) is 9.47 Å². The number of nitrogens with zero attached hydrogens (tertiary/aromatic N) is 3. The van der Waals surface area contributed by atoms with E-state index in [1.165, 1.54) is 0 Å². The number of aliphatic hydroxyl groups is 1. The molecule has 3 N–H and O–H groups in total. The van der Waals surface area contributed by atoms with Crippen LogP contribution >= 0.6 is 0 Å². The van der Waals surface area contributed by atoms with Crippen LogP contribution in [-0.2, 0) is 0 Å². The summed E-state index contributed by atoms with van der Waals surface area (Å²) in [6.45, 7) is 1.82. The molecule has 0 spiro atoms. The summed E-state index contributed by atoms with van der Waals surface area (Å²) >= 11 is 0. The first-order chi connectivity index (χ1) is 13.6. The van der Waals surface area contributed by atoms with Gasteiger partial charge >= 0.3 is 0 Å². The Bertz CT molecular complexity index is 921. The van der Waals surface area contributed by atoms with E-state index < -0.39 is 0 Å². The molecule has 3 aromatic rings. The van der Waals surface area contributed by atoms with Gasteiger partial charge in [-0.1, -0.05) is 0 Å². The topological polar surface area (TPSA) is 101 Å². The van der Waals surface area contributed by atoms with E-state index in [-0.39, 0.29) is 12.6 Å². The average molecular weight is 381 g/mol. The molecule has 0 bridgehead atoms. The minimum Gasteiger partial charge on any atom is -0.493 e. The largest absolute Gasteiger partial charge is 0.493 e. The van der Waals surface area contributed by atoms with E-state index in [1.807, 2.05) is 43.3 Å². The minimum absolute atomic E-state index is 0.0265. The third-order valence-electron chi connectivity index (χ3n) is 4.01. The Morgan fingerprint density at radius 1 is 1.00 bits per heavy atom. The Morgan fingerprint density at radius 2 is 1.75 bits per heavy atom. The molecule has 0 unspecified atom stereocenters. The fourth-order valence-corrected chi connectivity index (χ4v) is 2.57. The summed E-state index contributed by atoms with van der Waals surface area (Å²) in [6.07, 6.45) is 3.42. The Kier molecular flexibility index (Phi) is 6.23. The van der Waals surface area contributed by atoms with Crippen LogP contribution in [0.25, 0.3) is 11.3 Å². The van der Waals surface area contributed by atoms with Crippen molar-refractivity contribution in [3.63, 3.8) is 0 Å². The lowest BCUT2D eigenvalue weighted by atomic mass is 10.2. The number of rotatable bonds is 8. The molecule has 28 heavy (non-hydrogen) atoms. The van der Waals surface area contributed by atoms with Gasteiger partial charge in [0.15, 0.2) is 11.5 Å². The second-order valence-electron chi connectivity index (χ2n) is 6.12. The quantitative estimate of drug-likeness (QED) is 0.547. The molecule has 1 atom stereocenters. The third-order valence-corrected chi connectivity index (χ3v) is 4.01. The second-order valence-corrected chi connectivity index (χ2v) is 6.12. The predicted octanol–water partition coefficient (Wildman–Crippen LogP) is 3.09. The van der Waals surface area contributed by atoms with Crippen LogP contribution in [0, 0.1) is 0 Å². The monoisotopic (exact) mass is 381 g/mol. The van der Waals surface area contributed by atoms with Gasteiger partial charge < -0.3 is 25.2 Å². The molecule has 0 aliphatic carbocycles. The lowest BCUT2D eigenvalue weighted by molar-refractivity contribution is 0.281. The summed E-state index contributed by atoms with van der Waals surface area (Å²) in [7, 11) is 3.18. The molecule has 2 aromatic heterocycles. The smallest absolute Gasteiger partial charge is 0.225 e. The third kappa shape index (κ3) is 4.66. The van der Waals surface area contributed by atoms with Crippen LogP contribution in [-0.4, -0.2) is 46.9 Å². The van der Waals surface area contributed by atoms with Gasteiger partial charge in [0.25, 0.3) is 0 Å². The van der Waals surface area contributed by atoms with Crippen LogP contribution in [0.15, 0.2) is 48.8 Å². The van der Waals surface area contributed by atoms with Crippen molar-refractivity contribution in [2.24, 2.45) is 0 Å². The maximum Gasteiger partial charge on any atom is 0.225 e. The van der Waals surface area contributed by atoms with E-state index in [0.29, 0.717) is 23.3 Å². The van der Waals surface area contributed by atoms with Gasteiger partial charge in [-0.25, -0.2) is 4.98 Å². The number of benzene rings is 1. The first kappa shape index (κ1) is 19.4. The Hall–Kier alpha value is -3.39. The van der Waals surface area contributed by atoms with Gasteiger partial charge in [0.05, 0.1) is 26.5 Å². The van der Waals surface area contributed by atoms with Crippen LogP contribution in [0.4, 0.5) is 17.5 Å². The zero-order valence-corrected chi connectivity index (χ0v) is 16.0. The van der Waals surface area contributed by atoms with E-state index >= 15 is 0 Å². The molecule has 3 rings (SSSR count). The first-order valence-electron chi connectivity index (χ1n) is 8.79. The van der Waals surface area contributed by atoms with Gasteiger partial charge in [0.1, 0.15) is 5.82 Å². The number of aromatic nitrogens is 3. The van der Waals surface area contributed by atoms with E-state index in [2.05, 4.69) is 25.6 Å². The van der Waals surface area contributed by atoms with Crippen molar-refractivity contribution < 1.29 is 14.6 Å². The number of ether oxygens (including phenoxy) is 2. The van der Waals surface area contributed by atoms with Gasteiger partial charge in [0, 0.05) is 41.8 Å². The second kappa shape index (κ2) is 9.01. The van der Waals surface area contributed by atoms with Crippen LogP contribution in [0.1, 0.15) is 6.92 Å². The van der Waals surface area contributed by atoms with Crippen molar-refractivity contribution in [2.75, 3.05) is 31.5 Å². The average Bonchev–Trinajstić information content (AvgIpc) is 2.74. The Labute approximate surface area is 163 Å². The number of hydrogen-bond acceptors (Lipinski definition) is 8. The normalized spacial score (nSPS) is 11.6. The van der Waals surface area contributed by atoms with Crippen molar-refractivity contribution in [1.82, 2.24) is 15.0 Å². The van der Waals surface area contributed by atoms with Crippen molar-refractivity contribution in [1.29, 1.82) is 0 Å².